The fourth-order valence-electron chi connectivity index (χ4n) is 5.41. The summed E-state index contributed by atoms with van der Waals surface area (Å²) in [6.07, 6.45) is 11.9. The summed E-state index contributed by atoms with van der Waals surface area (Å²) in [5.41, 5.74) is 4.37. The first-order valence-electron chi connectivity index (χ1n) is 14.3. The third-order valence-corrected chi connectivity index (χ3v) is 7.50. The summed E-state index contributed by atoms with van der Waals surface area (Å²) in [4.78, 5) is 25.4. The van der Waals surface area contributed by atoms with Gasteiger partial charge < -0.3 is 18.9 Å². The Bertz CT molecular complexity index is 1150. The first-order valence-corrected chi connectivity index (χ1v) is 14.3. The van der Waals surface area contributed by atoms with Crippen LogP contribution in [0.1, 0.15) is 56.4 Å². The zero-order valence-electron chi connectivity index (χ0n) is 23.3. The second kappa shape index (κ2) is 16.0. The molecule has 2 aliphatic rings. The van der Waals surface area contributed by atoms with E-state index in [1.54, 1.807) is 6.08 Å². The van der Waals surface area contributed by atoms with Gasteiger partial charge in [-0.15, -0.1) is 5.73 Å². The Labute approximate surface area is 237 Å². The number of ketones is 1. The number of ether oxygens (including phenoxy) is 4. The molecule has 6 nitrogen and oxygen atoms in total. The lowest BCUT2D eigenvalue weighted by Gasteiger charge is -2.25. The fraction of sp³-hybridized carbons (Fsp3) is 0.441. The van der Waals surface area contributed by atoms with Crippen molar-refractivity contribution in [1.82, 2.24) is 0 Å². The van der Waals surface area contributed by atoms with E-state index >= 15 is 0 Å². The number of hydrogen-bond donors (Lipinski definition) is 0. The number of hydrogen-bond acceptors (Lipinski definition) is 6. The van der Waals surface area contributed by atoms with Crippen molar-refractivity contribution in [3.05, 3.63) is 96.3 Å². The van der Waals surface area contributed by atoms with Crippen LogP contribution in [0.3, 0.4) is 0 Å². The van der Waals surface area contributed by atoms with E-state index in [0.29, 0.717) is 32.5 Å². The van der Waals surface area contributed by atoms with E-state index in [0.717, 1.165) is 31.4 Å². The Morgan fingerprint density at radius 3 is 2.58 bits per heavy atom. The van der Waals surface area contributed by atoms with Crippen LogP contribution in [-0.2, 0) is 23.8 Å². The number of benzene rings is 2. The quantitative estimate of drug-likeness (QED) is 0.123. The van der Waals surface area contributed by atoms with Crippen LogP contribution in [0, 0.1) is 11.8 Å². The van der Waals surface area contributed by atoms with Crippen LogP contribution in [0.4, 0.5) is 0 Å². The molecule has 0 amide bonds. The van der Waals surface area contributed by atoms with E-state index in [-0.39, 0.29) is 29.8 Å². The Morgan fingerprint density at radius 2 is 1.85 bits per heavy atom. The van der Waals surface area contributed by atoms with Crippen molar-refractivity contribution in [3.63, 3.8) is 0 Å². The summed E-state index contributed by atoms with van der Waals surface area (Å²) in [5.74, 6) is 0.822. The van der Waals surface area contributed by atoms with Gasteiger partial charge in [0.2, 0.25) is 0 Å². The lowest BCUT2D eigenvalue weighted by molar-refractivity contribution is -0.201. The van der Waals surface area contributed by atoms with Crippen molar-refractivity contribution in [2.24, 2.45) is 11.8 Å². The molecule has 1 saturated carbocycles. The molecule has 212 valence electrons. The van der Waals surface area contributed by atoms with Crippen LogP contribution in [0.2, 0.25) is 0 Å². The summed E-state index contributed by atoms with van der Waals surface area (Å²) >= 11 is 0. The molecule has 5 atom stereocenters. The van der Waals surface area contributed by atoms with Gasteiger partial charge in [-0.2, -0.15) is 0 Å². The highest BCUT2D eigenvalue weighted by atomic mass is 16.7. The maximum atomic E-state index is 13.2. The zero-order chi connectivity index (χ0) is 28.0. The molecule has 2 aromatic rings. The Hall–Kier alpha value is -3.44. The normalized spacial score (nSPS) is 23.4. The third-order valence-electron chi connectivity index (χ3n) is 7.50. The molecule has 0 radical (unpaired) electrons. The van der Waals surface area contributed by atoms with Crippen LogP contribution in [0.15, 0.2) is 90.7 Å². The Morgan fingerprint density at radius 1 is 1.07 bits per heavy atom. The molecule has 0 N–H and O–H groups in total. The molecule has 0 bridgehead atoms. The van der Waals surface area contributed by atoms with Crippen molar-refractivity contribution in [3.8, 4) is 5.75 Å². The standard InChI is InChI=1S/C34H40O6/c1-37-34(36)32(40-33-22-12-14-24-39-33)21-10-4-9-20-29-28(19-11-13-23-38-27-17-7-3-8-18-27)30(25-31(29)35)26-15-5-2-6-16-26/h2-3,5-11,15-19,28-30,32-33H,12-14,20-25H2,1H3/b19-11+/t4?,28-,29-,30+,32?,33?/m1/s1. The van der Waals surface area contributed by atoms with Gasteiger partial charge in [-0.05, 0) is 73.8 Å². The van der Waals surface area contributed by atoms with E-state index in [4.69, 9.17) is 18.9 Å². The molecule has 1 heterocycles. The van der Waals surface area contributed by atoms with E-state index in [1.807, 2.05) is 54.6 Å². The Kier molecular flexibility index (Phi) is 11.8. The Balaban J connectivity index is 1.37. The van der Waals surface area contributed by atoms with Gasteiger partial charge in [-0.3, -0.25) is 4.79 Å². The molecule has 2 aromatic carbocycles. The molecule has 2 fully saturated rings. The number of Topliss-reactive ketones (excluding diaryl/α,β-unsaturated/α-hetero) is 1. The van der Waals surface area contributed by atoms with Gasteiger partial charge in [0.15, 0.2) is 12.4 Å². The topological polar surface area (TPSA) is 71.1 Å². The number of carbonyl (C=O) groups is 2. The fourth-order valence-corrected chi connectivity index (χ4v) is 5.41. The summed E-state index contributed by atoms with van der Waals surface area (Å²) in [7, 11) is 1.36. The summed E-state index contributed by atoms with van der Waals surface area (Å²) in [6, 6.07) is 20.1. The molecule has 40 heavy (non-hydrogen) atoms. The summed E-state index contributed by atoms with van der Waals surface area (Å²) < 4.78 is 22.2. The second-order valence-corrected chi connectivity index (χ2v) is 10.2. The molecule has 1 aliphatic heterocycles. The summed E-state index contributed by atoms with van der Waals surface area (Å²) in [5, 5.41) is 0. The van der Waals surface area contributed by atoms with E-state index < -0.39 is 12.1 Å². The number of para-hydroxylation sites is 1. The zero-order valence-corrected chi connectivity index (χ0v) is 23.3. The molecule has 1 aliphatic carbocycles. The third kappa shape index (κ3) is 8.79. The molecule has 6 heteroatoms. The number of rotatable bonds is 13. The molecule has 2 unspecified atom stereocenters. The smallest absolute Gasteiger partial charge is 0.335 e. The minimum absolute atomic E-state index is 0.0966. The molecule has 1 saturated heterocycles. The van der Waals surface area contributed by atoms with Crippen molar-refractivity contribution < 1.29 is 28.5 Å². The van der Waals surface area contributed by atoms with Gasteiger partial charge in [-0.1, -0.05) is 60.7 Å². The largest absolute Gasteiger partial charge is 0.493 e. The van der Waals surface area contributed by atoms with Crippen molar-refractivity contribution in [2.75, 3.05) is 20.3 Å². The van der Waals surface area contributed by atoms with Crippen LogP contribution < -0.4 is 4.74 Å². The summed E-state index contributed by atoms with van der Waals surface area (Å²) in [6.45, 7) is 1.23. The highest BCUT2D eigenvalue weighted by molar-refractivity contribution is 5.85. The van der Waals surface area contributed by atoms with Crippen LogP contribution in [0.25, 0.3) is 0 Å². The van der Waals surface area contributed by atoms with Crippen molar-refractivity contribution >= 4 is 11.8 Å². The van der Waals surface area contributed by atoms with E-state index in [9.17, 15) is 9.59 Å². The lowest BCUT2D eigenvalue weighted by atomic mass is 9.83. The maximum absolute atomic E-state index is 13.2. The van der Waals surface area contributed by atoms with Crippen molar-refractivity contribution in [1.29, 1.82) is 0 Å². The predicted octanol–water partition coefficient (Wildman–Crippen LogP) is 6.58. The van der Waals surface area contributed by atoms with Crippen LogP contribution >= 0.6 is 0 Å². The van der Waals surface area contributed by atoms with Crippen LogP contribution in [0.5, 0.6) is 5.75 Å². The number of methoxy groups -OCH3 is 1. The molecule has 0 aromatic heterocycles. The average molecular weight is 545 g/mol. The van der Waals surface area contributed by atoms with Crippen molar-refractivity contribution in [2.45, 2.75) is 63.3 Å². The second-order valence-electron chi connectivity index (χ2n) is 10.2. The minimum Gasteiger partial charge on any atom is -0.493 e. The maximum Gasteiger partial charge on any atom is 0.335 e. The highest BCUT2D eigenvalue weighted by Gasteiger charge is 2.40. The highest BCUT2D eigenvalue weighted by Crippen LogP contribution is 2.44. The molecule has 0 spiro atoms. The number of carbonyl (C=O) groups excluding carboxylic acids is 2. The monoisotopic (exact) mass is 544 g/mol. The number of esters is 1. The SMILES string of the molecule is COC(=O)C(CC=C=CC[C@H]1C(=O)C[C@@H](c2ccccc2)[C@@H]1/C=C/CCOc1ccccc1)OC1CCCCO1. The van der Waals surface area contributed by atoms with Gasteiger partial charge >= 0.3 is 5.97 Å². The van der Waals surface area contributed by atoms with Gasteiger partial charge in [0.05, 0.1) is 13.7 Å². The first kappa shape index (κ1) is 29.5. The molecular formula is C34H40O6. The average Bonchev–Trinajstić information content (AvgIpc) is 3.31. The van der Waals surface area contributed by atoms with E-state index in [1.165, 1.54) is 12.7 Å². The van der Waals surface area contributed by atoms with E-state index in [2.05, 4.69) is 30.0 Å². The minimum atomic E-state index is -0.738. The molecular weight excluding hydrogens is 504 g/mol. The lowest BCUT2D eigenvalue weighted by Crippen LogP contribution is -2.33. The van der Waals surface area contributed by atoms with Gasteiger partial charge in [0.25, 0.3) is 0 Å². The van der Waals surface area contributed by atoms with Gasteiger partial charge in [0, 0.05) is 25.4 Å². The van der Waals surface area contributed by atoms with Gasteiger partial charge in [-0.25, -0.2) is 4.79 Å². The predicted molar refractivity (Wildman–Crippen MR) is 154 cm³/mol. The first-order chi connectivity index (χ1) is 19.7. The molecule has 4 rings (SSSR count). The number of allylic oxidation sites excluding steroid dienone is 1. The van der Waals surface area contributed by atoms with Gasteiger partial charge in [0.1, 0.15) is 11.5 Å². The van der Waals surface area contributed by atoms with Crippen LogP contribution in [-0.4, -0.2) is 44.5 Å².